The quantitative estimate of drug-likeness (QED) is 0.348. The molecule has 0 bridgehead atoms. The van der Waals surface area contributed by atoms with Crippen molar-refractivity contribution in [3.8, 4) is 33.6 Å². The number of aromatic nitrogens is 2. The minimum absolute atomic E-state index is 0.311. The topological polar surface area (TPSA) is 84.6 Å². The van der Waals surface area contributed by atoms with E-state index in [4.69, 9.17) is 9.61 Å². The Bertz CT molecular complexity index is 1430. The molecular weight excluding hydrogens is 423 g/mol. The van der Waals surface area contributed by atoms with Crippen LogP contribution in [-0.4, -0.2) is 19.5 Å². The van der Waals surface area contributed by atoms with Gasteiger partial charge in [0.2, 0.25) is 0 Å². The molecule has 0 aliphatic rings. The lowest BCUT2D eigenvalue weighted by Gasteiger charge is -2.13. The SMILES string of the molecule is O=P(O)(O)On1c(-c2ccccc2)nc2c(-c3ccccc3)c(-c3ccccc3)ccc21. The first-order chi connectivity index (χ1) is 15.5. The van der Waals surface area contributed by atoms with Crippen LogP contribution in [0.1, 0.15) is 0 Å². The summed E-state index contributed by atoms with van der Waals surface area (Å²) in [7, 11) is -4.84. The minimum atomic E-state index is -4.84. The normalized spacial score (nSPS) is 11.6. The molecule has 1 aromatic heterocycles. The molecule has 0 fully saturated rings. The van der Waals surface area contributed by atoms with Crippen molar-refractivity contribution in [1.82, 2.24) is 9.71 Å². The summed E-state index contributed by atoms with van der Waals surface area (Å²) in [4.78, 5) is 24.0. The van der Waals surface area contributed by atoms with Gasteiger partial charge in [-0.25, -0.2) is 9.55 Å². The molecule has 0 atom stereocenters. The molecule has 0 amide bonds. The van der Waals surface area contributed by atoms with Gasteiger partial charge in [-0.3, -0.25) is 9.79 Å². The summed E-state index contributed by atoms with van der Waals surface area (Å²) in [6.07, 6.45) is 0. The van der Waals surface area contributed by atoms with Crippen molar-refractivity contribution in [3.05, 3.63) is 103 Å². The lowest BCUT2D eigenvalue weighted by Crippen LogP contribution is -2.10. The van der Waals surface area contributed by atoms with E-state index in [1.165, 1.54) is 0 Å². The van der Waals surface area contributed by atoms with E-state index in [-0.39, 0.29) is 0 Å². The summed E-state index contributed by atoms with van der Waals surface area (Å²) in [5.74, 6) is 0.311. The fraction of sp³-hybridized carbons (Fsp3) is 0. The molecule has 7 heteroatoms. The highest BCUT2D eigenvalue weighted by atomic mass is 31.2. The maximum absolute atomic E-state index is 11.8. The molecular formula is C25H19N2O4P. The fourth-order valence-electron chi connectivity index (χ4n) is 3.84. The molecule has 5 rings (SSSR count). The molecule has 6 nitrogen and oxygen atoms in total. The van der Waals surface area contributed by atoms with Crippen molar-refractivity contribution in [3.63, 3.8) is 0 Å². The summed E-state index contributed by atoms with van der Waals surface area (Å²) >= 11 is 0. The van der Waals surface area contributed by atoms with Crippen LogP contribution in [-0.2, 0) is 4.57 Å². The molecule has 32 heavy (non-hydrogen) atoms. The summed E-state index contributed by atoms with van der Waals surface area (Å²) in [5.41, 5.74) is 5.51. The second kappa shape index (κ2) is 8.09. The van der Waals surface area contributed by atoms with E-state index in [2.05, 4.69) is 0 Å². The fourth-order valence-corrected chi connectivity index (χ4v) is 4.21. The van der Waals surface area contributed by atoms with Gasteiger partial charge in [-0.15, -0.1) is 0 Å². The Labute approximate surface area is 184 Å². The number of benzene rings is 4. The van der Waals surface area contributed by atoms with Gasteiger partial charge in [0.1, 0.15) is 11.0 Å². The van der Waals surface area contributed by atoms with E-state index >= 15 is 0 Å². The molecule has 1 heterocycles. The standard InChI is InChI=1S/C25H19N2O4P/c28-32(29,30)31-27-22-17-16-21(18-10-4-1-5-11-18)23(19-12-6-2-7-13-19)24(22)26-25(27)20-14-8-3-9-15-20/h1-17H,(H2,28,29,30). The van der Waals surface area contributed by atoms with E-state index < -0.39 is 7.82 Å². The Morgan fingerprint density at radius 1 is 0.688 bits per heavy atom. The molecule has 2 N–H and O–H groups in total. The van der Waals surface area contributed by atoms with Crippen LogP contribution in [0.3, 0.4) is 0 Å². The minimum Gasteiger partial charge on any atom is -0.309 e. The van der Waals surface area contributed by atoms with Gasteiger partial charge in [0, 0.05) is 11.1 Å². The van der Waals surface area contributed by atoms with Gasteiger partial charge < -0.3 is 4.62 Å². The third-order valence-corrected chi connectivity index (χ3v) is 5.53. The summed E-state index contributed by atoms with van der Waals surface area (Å²) in [5, 5.41) is 0. The number of rotatable bonds is 5. The highest BCUT2D eigenvalue weighted by Gasteiger charge is 2.25. The Morgan fingerprint density at radius 2 is 1.22 bits per heavy atom. The van der Waals surface area contributed by atoms with Crippen molar-refractivity contribution in [2.75, 3.05) is 0 Å². The van der Waals surface area contributed by atoms with Gasteiger partial charge in [0.05, 0.1) is 0 Å². The van der Waals surface area contributed by atoms with E-state index in [1.807, 2.05) is 97.1 Å². The Kier molecular flexibility index (Phi) is 5.11. The molecule has 0 aliphatic carbocycles. The monoisotopic (exact) mass is 442 g/mol. The molecule has 4 aromatic carbocycles. The third kappa shape index (κ3) is 3.83. The second-order valence-electron chi connectivity index (χ2n) is 7.26. The lowest BCUT2D eigenvalue weighted by molar-refractivity contribution is 0.187. The zero-order valence-corrected chi connectivity index (χ0v) is 17.8. The first-order valence-corrected chi connectivity index (χ1v) is 11.5. The van der Waals surface area contributed by atoms with Gasteiger partial charge in [-0.1, -0.05) is 97.1 Å². The largest absolute Gasteiger partial charge is 0.543 e. The van der Waals surface area contributed by atoms with E-state index in [9.17, 15) is 14.4 Å². The Hall–Kier alpha value is -3.70. The third-order valence-electron chi connectivity index (χ3n) is 5.15. The average molecular weight is 442 g/mol. The molecule has 0 aliphatic heterocycles. The van der Waals surface area contributed by atoms with Crippen LogP contribution < -0.4 is 4.62 Å². The Balaban J connectivity index is 1.87. The summed E-state index contributed by atoms with van der Waals surface area (Å²) in [6, 6.07) is 32.7. The van der Waals surface area contributed by atoms with Crippen molar-refractivity contribution in [2.45, 2.75) is 0 Å². The lowest BCUT2D eigenvalue weighted by atomic mass is 9.93. The van der Waals surface area contributed by atoms with Gasteiger partial charge in [-0.2, -0.15) is 4.73 Å². The van der Waals surface area contributed by atoms with Crippen LogP contribution >= 0.6 is 7.82 Å². The average Bonchev–Trinajstić information content (AvgIpc) is 3.17. The summed E-state index contributed by atoms with van der Waals surface area (Å²) in [6.45, 7) is 0. The van der Waals surface area contributed by atoms with Crippen molar-refractivity contribution >= 4 is 18.9 Å². The van der Waals surface area contributed by atoms with Gasteiger partial charge >= 0.3 is 7.82 Å². The van der Waals surface area contributed by atoms with Crippen LogP contribution in [0.5, 0.6) is 0 Å². The maximum Gasteiger partial charge on any atom is 0.543 e. The number of phosphoric acid groups is 1. The van der Waals surface area contributed by atoms with Crippen LogP contribution in [0.4, 0.5) is 0 Å². The van der Waals surface area contributed by atoms with E-state index in [0.29, 0.717) is 22.4 Å². The van der Waals surface area contributed by atoms with Crippen LogP contribution in [0.2, 0.25) is 0 Å². The zero-order chi connectivity index (χ0) is 22.1. The van der Waals surface area contributed by atoms with Crippen LogP contribution in [0, 0.1) is 0 Å². The Morgan fingerprint density at radius 3 is 1.78 bits per heavy atom. The molecule has 158 valence electrons. The number of hydrogen-bond donors (Lipinski definition) is 2. The number of imidazole rings is 1. The van der Waals surface area contributed by atoms with Crippen molar-refractivity contribution in [2.24, 2.45) is 0 Å². The molecule has 0 radical (unpaired) electrons. The number of fused-ring (bicyclic) bond motifs is 1. The van der Waals surface area contributed by atoms with Crippen molar-refractivity contribution in [1.29, 1.82) is 0 Å². The first-order valence-electron chi connectivity index (χ1n) is 9.98. The van der Waals surface area contributed by atoms with Gasteiger partial charge in [0.15, 0.2) is 5.82 Å². The predicted molar refractivity (Wildman–Crippen MR) is 125 cm³/mol. The zero-order valence-electron chi connectivity index (χ0n) is 16.9. The highest BCUT2D eigenvalue weighted by Crippen LogP contribution is 2.41. The summed E-state index contributed by atoms with van der Waals surface area (Å²) < 4.78 is 18.0. The highest BCUT2D eigenvalue weighted by molar-refractivity contribution is 7.46. The van der Waals surface area contributed by atoms with Crippen molar-refractivity contribution < 1.29 is 19.0 Å². The molecule has 5 aromatic rings. The maximum atomic E-state index is 11.8. The second-order valence-corrected chi connectivity index (χ2v) is 8.40. The molecule has 0 spiro atoms. The van der Waals surface area contributed by atoms with E-state index in [1.54, 1.807) is 6.07 Å². The number of nitrogens with zero attached hydrogens (tertiary/aromatic N) is 2. The van der Waals surface area contributed by atoms with Gasteiger partial charge in [0.25, 0.3) is 0 Å². The van der Waals surface area contributed by atoms with Crippen LogP contribution in [0.15, 0.2) is 103 Å². The first kappa shape index (κ1) is 20.2. The molecule has 0 unspecified atom stereocenters. The van der Waals surface area contributed by atoms with E-state index in [0.717, 1.165) is 27.0 Å². The molecule has 0 saturated carbocycles. The predicted octanol–water partition coefficient (Wildman–Crippen LogP) is 5.56. The van der Waals surface area contributed by atoms with Gasteiger partial charge in [-0.05, 0) is 22.8 Å². The molecule has 0 saturated heterocycles. The number of hydrogen-bond acceptors (Lipinski definition) is 3. The smallest absolute Gasteiger partial charge is 0.309 e. The van der Waals surface area contributed by atoms with Crippen LogP contribution in [0.25, 0.3) is 44.7 Å².